The molecule has 0 spiro atoms. The highest BCUT2D eigenvalue weighted by atomic mass is 16.4. The fraction of sp³-hybridized carbons (Fsp3) is 0.773. The molecule has 0 saturated heterocycles. The average Bonchev–Trinajstić information content (AvgIpc) is 2.72. The second kappa shape index (κ2) is 16.0. The minimum atomic E-state index is -1.30. The summed E-state index contributed by atoms with van der Waals surface area (Å²) in [5.74, 6) is -4.65. The van der Waals surface area contributed by atoms with Gasteiger partial charge in [0.2, 0.25) is 17.7 Å². The van der Waals surface area contributed by atoms with Gasteiger partial charge in [0.15, 0.2) is 0 Å². The minimum Gasteiger partial charge on any atom is -0.481 e. The third-order valence-electron chi connectivity index (χ3n) is 5.15. The summed E-state index contributed by atoms with van der Waals surface area (Å²) >= 11 is 0. The topological polar surface area (TPSA) is 214 Å². The lowest BCUT2D eigenvalue weighted by Gasteiger charge is -2.27. The van der Waals surface area contributed by atoms with E-state index >= 15 is 0 Å². The monoisotopic (exact) mass is 487 g/mol. The van der Waals surface area contributed by atoms with Crippen LogP contribution in [0.4, 0.5) is 0 Å². The van der Waals surface area contributed by atoms with Crippen LogP contribution in [0.25, 0.3) is 0 Å². The van der Waals surface area contributed by atoms with Crippen molar-refractivity contribution >= 4 is 29.7 Å². The number of nitrogens with two attached hydrogens (primary N) is 2. The lowest BCUT2D eigenvalue weighted by Crippen LogP contribution is -2.58. The fourth-order valence-electron chi connectivity index (χ4n) is 3.23. The first-order chi connectivity index (χ1) is 15.8. The molecule has 3 amide bonds. The lowest BCUT2D eigenvalue weighted by atomic mass is 9.99. The molecule has 0 radical (unpaired) electrons. The fourth-order valence-corrected chi connectivity index (χ4v) is 3.23. The molecule has 4 unspecified atom stereocenters. The Balaban J connectivity index is 5.45. The molecule has 196 valence electrons. The number of carboxylic acids is 2. The van der Waals surface area contributed by atoms with Gasteiger partial charge in [-0.2, -0.15) is 0 Å². The van der Waals surface area contributed by atoms with Crippen LogP contribution in [0.2, 0.25) is 0 Å². The van der Waals surface area contributed by atoms with Gasteiger partial charge in [0.05, 0.1) is 6.04 Å². The summed E-state index contributed by atoms with van der Waals surface area (Å²) < 4.78 is 0. The number of rotatable bonds is 17. The van der Waals surface area contributed by atoms with E-state index in [9.17, 15) is 29.1 Å². The summed E-state index contributed by atoms with van der Waals surface area (Å²) in [6.45, 7) is 7.59. The number of nitrogens with one attached hydrogen (secondary N) is 3. The van der Waals surface area contributed by atoms with Crippen LogP contribution in [0.5, 0.6) is 0 Å². The Morgan fingerprint density at radius 3 is 1.85 bits per heavy atom. The Labute approximate surface area is 200 Å². The smallest absolute Gasteiger partial charge is 0.326 e. The van der Waals surface area contributed by atoms with Crippen molar-refractivity contribution in [2.45, 2.75) is 90.4 Å². The summed E-state index contributed by atoms with van der Waals surface area (Å²) in [7, 11) is 0. The molecule has 0 aromatic heterocycles. The predicted octanol–water partition coefficient (Wildman–Crippen LogP) is -0.451. The summed E-state index contributed by atoms with van der Waals surface area (Å²) in [6.07, 6.45) is 0.916. The molecule has 4 atom stereocenters. The maximum Gasteiger partial charge on any atom is 0.326 e. The molecule has 0 aromatic carbocycles. The first-order valence-electron chi connectivity index (χ1n) is 11.6. The molecule has 9 N–H and O–H groups in total. The Bertz CT molecular complexity index is 699. The van der Waals surface area contributed by atoms with Crippen LogP contribution in [0.3, 0.4) is 0 Å². The highest BCUT2D eigenvalue weighted by molar-refractivity contribution is 5.94. The van der Waals surface area contributed by atoms with Gasteiger partial charge in [-0.3, -0.25) is 19.2 Å². The van der Waals surface area contributed by atoms with Crippen molar-refractivity contribution in [2.24, 2.45) is 23.3 Å². The van der Waals surface area contributed by atoms with Gasteiger partial charge in [0.25, 0.3) is 0 Å². The molecule has 12 nitrogen and oxygen atoms in total. The van der Waals surface area contributed by atoms with E-state index in [4.69, 9.17) is 16.6 Å². The number of carboxylic acid groups (broad SMARTS) is 2. The summed E-state index contributed by atoms with van der Waals surface area (Å²) in [4.78, 5) is 60.7. The summed E-state index contributed by atoms with van der Waals surface area (Å²) in [6, 6.07) is -4.35. The molecule has 0 saturated carbocycles. The highest BCUT2D eigenvalue weighted by Gasteiger charge is 2.32. The van der Waals surface area contributed by atoms with Gasteiger partial charge in [-0.15, -0.1) is 0 Å². The quantitative estimate of drug-likeness (QED) is 0.132. The van der Waals surface area contributed by atoms with Gasteiger partial charge < -0.3 is 37.6 Å². The molecule has 34 heavy (non-hydrogen) atoms. The molecule has 0 aromatic rings. The van der Waals surface area contributed by atoms with Crippen LogP contribution < -0.4 is 27.4 Å². The number of unbranched alkanes of at least 4 members (excludes halogenated alkanes) is 1. The van der Waals surface area contributed by atoms with Crippen molar-refractivity contribution in [3.8, 4) is 0 Å². The number of carbonyl (C=O) groups excluding carboxylic acids is 3. The van der Waals surface area contributed by atoms with Gasteiger partial charge in [-0.05, 0) is 50.5 Å². The SMILES string of the molecule is CC(C)CC(N)C(=O)NC(C(=O)NC(CCC(=O)O)C(=O)NC(CCCCN)C(=O)O)C(C)C. The van der Waals surface area contributed by atoms with Crippen molar-refractivity contribution in [2.75, 3.05) is 6.54 Å². The number of carbonyl (C=O) groups is 5. The zero-order valence-corrected chi connectivity index (χ0v) is 20.5. The second-order valence-electron chi connectivity index (χ2n) is 9.14. The lowest BCUT2D eigenvalue weighted by molar-refractivity contribution is -0.143. The summed E-state index contributed by atoms with van der Waals surface area (Å²) in [5, 5.41) is 25.8. The maximum absolute atomic E-state index is 12.9. The molecule has 0 heterocycles. The molecule has 0 aliphatic heterocycles. The summed E-state index contributed by atoms with van der Waals surface area (Å²) in [5.41, 5.74) is 11.3. The van der Waals surface area contributed by atoms with E-state index in [0.29, 0.717) is 25.8 Å². The molecule has 0 bridgehead atoms. The maximum atomic E-state index is 12.9. The van der Waals surface area contributed by atoms with E-state index < -0.39 is 60.2 Å². The van der Waals surface area contributed by atoms with Gasteiger partial charge >= 0.3 is 11.9 Å². The number of aliphatic carboxylic acids is 2. The van der Waals surface area contributed by atoms with Crippen LogP contribution in [-0.4, -0.2) is 70.6 Å². The van der Waals surface area contributed by atoms with Crippen LogP contribution >= 0.6 is 0 Å². The molecular formula is C22H41N5O7. The minimum absolute atomic E-state index is 0.135. The first-order valence-corrected chi connectivity index (χ1v) is 11.6. The zero-order chi connectivity index (χ0) is 26.4. The van der Waals surface area contributed by atoms with Gasteiger partial charge in [0.1, 0.15) is 18.1 Å². The standard InChI is InChI=1S/C22H41N5O7/c1-12(2)11-14(24)19(30)27-18(13(3)4)21(32)25-15(8-9-17(28)29)20(31)26-16(22(33)34)7-5-6-10-23/h12-16,18H,5-11,23-24H2,1-4H3,(H,25,32)(H,26,31)(H,27,30)(H,28,29)(H,33,34). The van der Waals surface area contributed by atoms with Crippen LogP contribution in [0.15, 0.2) is 0 Å². The normalized spacial score (nSPS) is 14.7. The van der Waals surface area contributed by atoms with Crippen molar-refractivity contribution in [1.82, 2.24) is 16.0 Å². The first kappa shape index (κ1) is 31.3. The molecule has 12 heteroatoms. The molecular weight excluding hydrogens is 446 g/mol. The van der Waals surface area contributed by atoms with Gasteiger partial charge in [0, 0.05) is 6.42 Å². The van der Waals surface area contributed by atoms with Crippen LogP contribution in [0, 0.1) is 11.8 Å². The Morgan fingerprint density at radius 1 is 0.794 bits per heavy atom. The second-order valence-corrected chi connectivity index (χ2v) is 9.14. The molecule has 0 aliphatic carbocycles. The van der Waals surface area contributed by atoms with E-state index in [0.717, 1.165) is 0 Å². The number of amides is 3. The number of hydrogen-bond acceptors (Lipinski definition) is 7. The van der Waals surface area contributed by atoms with Gasteiger partial charge in [-0.25, -0.2) is 4.79 Å². The van der Waals surface area contributed by atoms with E-state index in [1.807, 2.05) is 13.8 Å². The van der Waals surface area contributed by atoms with E-state index in [-0.39, 0.29) is 24.7 Å². The van der Waals surface area contributed by atoms with Gasteiger partial charge in [-0.1, -0.05) is 27.7 Å². The third kappa shape index (κ3) is 12.5. The van der Waals surface area contributed by atoms with Crippen molar-refractivity contribution in [1.29, 1.82) is 0 Å². The number of hydrogen-bond donors (Lipinski definition) is 7. The Morgan fingerprint density at radius 2 is 1.38 bits per heavy atom. The average molecular weight is 488 g/mol. The van der Waals surface area contributed by atoms with Crippen molar-refractivity contribution < 1.29 is 34.2 Å². The van der Waals surface area contributed by atoms with E-state index in [1.165, 1.54) is 0 Å². The van der Waals surface area contributed by atoms with E-state index in [2.05, 4.69) is 16.0 Å². The van der Waals surface area contributed by atoms with Crippen molar-refractivity contribution in [3.63, 3.8) is 0 Å². The van der Waals surface area contributed by atoms with Crippen LogP contribution in [0.1, 0.15) is 66.2 Å². The largest absolute Gasteiger partial charge is 0.481 e. The zero-order valence-electron chi connectivity index (χ0n) is 20.5. The third-order valence-corrected chi connectivity index (χ3v) is 5.15. The molecule has 0 fully saturated rings. The molecule has 0 aliphatic rings. The molecule has 0 rings (SSSR count). The van der Waals surface area contributed by atoms with Crippen LogP contribution in [-0.2, 0) is 24.0 Å². The highest BCUT2D eigenvalue weighted by Crippen LogP contribution is 2.09. The Kier molecular flexibility index (Phi) is 14.7. The Hall–Kier alpha value is -2.73. The van der Waals surface area contributed by atoms with Crippen molar-refractivity contribution in [3.05, 3.63) is 0 Å². The predicted molar refractivity (Wildman–Crippen MR) is 125 cm³/mol. The van der Waals surface area contributed by atoms with E-state index in [1.54, 1.807) is 13.8 Å².